The summed E-state index contributed by atoms with van der Waals surface area (Å²) < 4.78 is 0.316. The topological polar surface area (TPSA) is 49.0 Å². The molecule has 2 aliphatic rings. The summed E-state index contributed by atoms with van der Waals surface area (Å²) in [6.07, 6.45) is 10.1. The van der Waals surface area contributed by atoms with Crippen molar-refractivity contribution in [2.75, 3.05) is 18.8 Å². The van der Waals surface area contributed by atoms with Crippen LogP contribution >= 0.6 is 11.8 Å². The highest BCUT2D eigenvalue weighted by molar-refractivity contribution is 8.00. The molecular formula is C17H21N3OS. The Bertz CT molecular complexity index is 685. The summed E-state index contributed by atoms with van der Waals surface area (Å²) in [5.41, 5.74) is 1.56. The fraction of sp³-hybridized carbons (Fsp3) is 0.529. The maximum atomic E-state index is 13.0. The van der Waals surface area contributed by atoms with Crippen LogP contribution in [0.15, 0.2) is 24.5 Å². The maximum Gasteiger partial charge on any atom is 0.256 e. The number of amides is 1. The molecule has 0 atom stereocenters. The van der Waals surface area contributed by atoms with Gasteiger partial charge in [0.25, 0.3) is 5.91 Å². The zero-order valence-electron chi connectivity index (χ0n) is 12.7. The van der Waals surface area contributed by atoms with E-state index in [0.29, 0.717) is 4.75 Å². The largest absolute Gasteiger partial charge is 0.345 e. The SMILES string of the molecule is O=C(c1c[nH]c2ncccc12)N1CCSC2(CCCCC2)C1. The summed E-state index contributed by atoms with van der Waals surface area (Å²) in [5.74, 6) is 1.22. The van der Waals surface area contributed by atoms with E-state index in [-0.39, 0.29) is 5.91 Å². The van der Waals surface area contributed by atoms with Gasteiger partial charge in [-0.2, -0.15) is 11.8 Å². The highest BCUT2D eigenvalue weighted by Crippen LogP contribution is 2.43. The molecule has 4 nitrogen and oxygen atoms in total. The van der Waals surface area contributed by atoms with Gasteiger partial charge in [-0.3, -0.25) is 4.79 Å². The summed E-state index contributed by atoms with van der Waals surface area (Å²) >= 11 is 2.09. The first kappa shape index (κ1) is 14.1. The minimum Gasteiger partial charge on any atom is -0.345 e. The van der Waals surface area contributed by atoms with E-state index in [4.69, 9.17) is 0 Å². The number of rotatable bonds is 1. The van der Waals surface area contributed by atoms with Crippen molar-refractivity contribution in [1.29, 1.82) is 0 Å². The van der Waals surface area contributed by atoms with Gasteiger partial charge in [-0.15, -0.1) is 0 Å². The fourth-order valence-corrected chi connectivity index (χ4v) is 5.39. The smallest absolute Gasteiger partial charge is 0.256 e. The van der Waals surface area contributed by atoms with E-state index < -0.39 is 0 Å². The van der Waals surface area contributed by atoms with E-state index in [2.05, 4.69) is 26.6 Å². The van der Waals surface area contributed by atoms with Crippen LogP contribution in [0.1, 0.15) is 42.5 Å². The van der Waals surface area contributed by atoms with Crippen molar-refractivity contribution in [3.63, 3.8) is 0 Å². The third kappa shape index (κ3) is 2.41. The van der Waals surface area contributed by atoms with Gasteiger partial charge in [-0.1, -0.05) is 19.3 Å². The lowest BCUT2D eigenvalue weighted by Gasteiger charge is -2.44. The average Bonchev–Trinajstić information content (AvgIpc) is 2.99. The van der Waals surface area contributed by atoms with Crippen LogP contribution < -0.4 is 0 Å². The number of aromatic amines is 1. The third-order valence-electron chi connectivity index (χ3n) is 4.98. The number of thioether (sulfide) groups is 1. The van der Waals surface area contributed by atoms with Crippen LogP contribution in [0, 0.1) is 0 Å². The van der Waals surface area contributed by atoms with E-state index in [1.165, 1.54) is 32.1 Å². The molecule has 22 heavy (non-hydrogen) atoms. The van der Waals surface area contributed by atoms with E-state index in [1.54, 1.807) is 6.20 Å². The second kappa shape index (κ2) is 5.61. The van der Waals surface area contributed by atoms with Crippen molar-refractivity contribution in [2.45, 2.75) is 36.9 Å². The molecule has 1 spiro atoms. The Hall–Kier alpha value is -1.49. The predicted octanol–water partition coefficient (Wildman–Crippen LogP) is 3.45. The van der Waals surface area contributed by atoms with Crippen LogP contribution in [0.4, 0.5) is 0 Å². The lowest BCUT2D eigenvalue weighted by molar-refractivity contribution is 0.0732. The lowest BCUT2D eigenvalue weighted by atomic mass is 9.87. The second-order valence-electron chi connectivity index (χ2n) is 6.42. The highest BCUT2D eigenvalue weighted by atomic mass is 32.2. The van der Waals surface area contributed by atoms with Crippen molar-refractivity contribution < 1.29 is 4.79 Å². The van der Waals surface area contributed by atoms with Gasteiger partial charge in [0.1, 0.15) is 5.65 Å². The number of aromatic nitrogens is 2. The van der Waals surface area contributed by atoms with E-state index in [1.807, 2.05) is 18.3 Å². The van der Waals surface area contributed by atoms with Crippen molar-refractivity contribution in [2.24, 2.45) is 0 Å². The molecule has 0 aromatic carbocycles. The van der Waals surface area contributed by atoms with E-state index >= 15 is 0 Å². The lowest BCUT2D eigenvalue weighted by Crippen LogP contribution is -2.49. The molecular weight excluding hydrogens is 294 g/mol. The van der Waals surface area contributed by atoms with Crippen molar-refractivity contribution >= 4 is 28.7 Å². The Labute approximate surface area is 134 Å². The molecule has 2 fully saturated rings. The number of pyridine rings is 1. The molecule has 1 aliphatic carbocycles. The molecule has 4 rings (SSSR count). The Morgan fingerprint density at radius 2 is 2.18 bits per heavy atom. The van der Waals surface area contributed by atoms with Gasteiger partial charge < -0.3 is 9.88 Å². The minimum absolute atomic E-state index is 0.157. The Balaban J connectivity index is 1.59. The van der Waals surface area contributed by atoms with Gasteiger partial charge in [0.2, 0.25) is 0 Å². The van der Waals surface area contributed by atoms with Gasteiger partial charge in [0.15, 0.2) is 0 Å². The number of carbonyl (C=O) groups is 1. The van der Waals surface area contributed by atoms with Gasteiger partial charge >= 0.3 is 0 Å². The number of nitrogens with zero attached hydrogens (tertiary/aromatic N) is 2. The monoisotopic (exact) mass is 315 g/mol. The molecule has 5 heteroatoms. The number of fused-ring (bicyclic) bond motifs is 1. The molecule has 1 aliphatic heterocycles. The first-order chi connectivity index (χ1) is 10.8. The maximum absolute atomic E-state index is 13.0. The zero-order valence-corrected chi connectivity index (χ0v) is 13.5. The van der Waals surface area contributed by atoms with Crippen LogP contribution in [-0.4, -0.2) is 44.4 Å². The van der Waals surface area contributed by atoms with Crippen LogP contribution in [0.25, 0.3) is 11.0 Å². The number of hydrogen-bond donors (Lipinski definition) is 1. The molecule has 0 radical (unpaired) electrons. The number of H-pyrrole nitrogens is 1. The Morgan fingerprint density at radius 1 is 1.32 bits per heavy atom. The first-order valence-corrected chi connectivity index (χ1v) is 9.11. The normalized spacial score (nSPS) is 21.4. The van der Waals surface area contributed by atoms with Crippen LogP contribution in [0.5, 0.6) is 0 Å². The minimum atomic E-state index is 0.157. The van der Waals surface area contributed by atoms with Crippen LogP contribution in [-0.2, 0) is 0 Å². The highest BCUT2D eigenvalue weighted by Gasteiger charge is 2.39. The molecule has 2 aromatic rings. The third-order valence-corrected chi connectivity index (χ3v) is 6.52. The number of nitrogens with one attached hydrogen (secondary N) is 1. The zero-order chi connectivity index (χ0) is 15.0. The number of hydrogen-bond acceptors (Lipinski definition) is 3. The molecule has 1 saturated carbocycles. The molecule has 1 N–H and O–H groups in total. The van der Waals surface area contributed by atoms with Gasteiger partial charge in [-0.25, -0.2) is 4.98 Å². The standard InChI is InChI=1S/C17H21N3OS/c21-16(14-11-19-15-13(14)5-4-8-18-15)20-9-10-22-17(12-20)6-2-1-3-7-17/h4-5,8,11H,1-3,6-7,9-10,12H2,(H,18,19). The summed E-state index contributed by atoms with van der Waals surface area (Å²) in [6.45, 7) is 1.77. The molecule has 116 valence electrons. The van der Waals surface area contributed by atoms with Gasteiger partial charge in [-0.05, 0) is 25.0 Å². The van der Waals surface area contributed by atoms with Gasteiger partial charge in [0.05, 0.1) is 5.56 Å². The average molecular weight is 315 g/mol. The molecule has 3 heterocycles. The summed E-state index contributed by atoms with van der Waals surface area (Å²) in [5, 5.41) is 0.934. The predicted molar refractivity (Wildman–Crippen MR) is 90.3 cm³/mol. The quantitative estimate of drug-likeness (QED) is 0.877. The molecule has 1 saturated heterocycles. The summed E-state index contributed by atoms with van der Waals surface area (Å²) in [4.78, 5) is 22.4. The molecule has 2 aromatic heterocycles. The van der Waals surface area contributed by atoms with Crippen molar-refractivity contribution in [1.82, 2.24) is 14.9 Å². The second-order valence-corrected chi connectivity index (χ2v) is 7.98. The first-order valence-electron chi connectivity index (χ1n) is 8.13. The molecule has 0 unspecified atom stereocenters. The Kier molecular flexibility index (Phi) is 3.60. The van der Waals surface area contributed by atoms with Crippen LogP contribution in [0.2, 0.25) is 0 Å². The van der Waals surface area contributed by atoms with Crippen molar-refractivity contribution in [3.8, 4) is 0 Å². The summed E-state index contributed by atoms with van der Waals surface area (Å²) in [6, 6.07) is 3.86. The fourth-order valence-electron chi connectivity index (χ4n) is 3.82. The molecule has 1 amide bonds. The summed E-state index contributed by atoms with van der Waals surface area (Å²) in [7, 11) is 0. The Morgan fingerprint density at radius 3 is 3.05 bits per heavy atom. The van der Waals surface area contributed by atoms with E-state index in [9.17, 15) is 4.79 Å². The molecule has 0 bridgehead atoms. The van der Waals surface area contributed by atoms with Crippen LogP contribution in [0.3, 0.4) is 0 Å². The van der Waals surface area contributed by atoms with Crippen molar-refractivity contribution in [3.05, 3.63) is 30.1 Å². The van der Waals surface area contributed by atoms with E-state index in [0.717, 1.165) is 35.4 Å². The number of carbonyl (C=O) groups excluding carboxylic acids is 1. The van der Waals surface area contributed by atoms with Gasteiger partial charge in [0, 0.05) is 41.4 Å².